The summed E-state index contributed by atoms with van der Waals surface area (Å²) in [4.78, 5) is 14.3. The lowest BCUT2D eigenvalue weighted by molar-refractivity contribution is -0.134. The van der Waals surface area contributed by atoms with E-state index in [-0.39, 0.29) is 29.1 Å². The van der Waals surface area contributed by atoms with Crippen LogP contribution in [0.3, 0.4) is 0 Å². The summed E-state index contributed by atoms with van der Waals surface area (Å²) in [5, 5.41) is 0.227. The van der Waals surface area contributed by atoms with E-state index in [9.17, 15) is 4.79 Å². The van der Waals surface area contributed by atoms with Gasteiger partial charge in [-0.2, -0.15) is 0 Å². The molecular formula is C12H23ClN2OS. The van der Waals surface area contributed by atoms with Crippen molar-refractivity contribution in [3.05, 3.63) is 0 Å². The zero-order valence-electron chi connectivity index (χ0n) is 10.6. The summed E-state index contributed by atoms with van der Waals surface area (Å²) in [6, 6.07) is 0.229. The van der Waals surface area contributed by atoms with Crippen molar-refractivity contribution in [1.82, 2.24) is 4.90 Å². The fourth-order valence-electron chi connectivity index (χ4n) is 2.54. The topological polar surface area (TPSA) is 46.3 Å². The third kappa shape index (κ3) is 3.30. The van der Waals surface area contributed by atoms with Gasteiger partial charge in [-0.1, -0.05) is 13.8 Å². The monoisotopic (exact) mass is 278 g/mol. The molecule has 2 atom stereocenters. The second-order valence-corrected chi connectivity index (χ2v) is 6.96. The van der Waals surface area contributed by atoms with Crippen LogP contribution in [0.25, 0.3) is 0 Å². The Morgan fingerprint density at radius 2 is 2.12 bits per heavy atom. The highest BCUT2D eigenvalue weighted by Crippen LogP contribution is 2.32. The van der Waals surface area contributed by atoms with E-state index in [1.807, 2.05) is 16.7 Å². The van der Waals surface area contributed by atoms with Crippen LogP contribution in [0.2, 0.25) is 0 Å². The Hall–Kier alpha value is 0.0700. The van der Waals surface area contributed by atoms with Crippen molar-refractivity contribution in [2.45, 2.75) is 44.4 Å². The number of halogens is 1. The number of nitrogens with zero attached hydrogens (tertiary/aromatic N) is 1. The number of carbonyl (C=O) groups excluding carboxylic acids is 1. The predicted octanol–water partition coefficient (Wildman–Crippen LogP) is 1.89. The van der Waals surface area contributed by atoms with Crippen LogP contribution in [-0.2, 0) is 4.79 Å². The standard InChI is InChI=1S/C12H22N2OS.ClH/c1-12(2)8-14(6-5-10(12)13)11(15)9-4-3-7-16-9;/h9-10H,3-8,13H2,1-2H3;1H. The number of carbonyl (C=O) groups is 1. The Kier molecular flexibility index (Phi) is 5.17. The van der Waals surface area contributed by atoms with Crippen molar-refractivity contribution < 1.29 is 4.79 Å². The molecule has 2 unspecified atom stereocenters. The number of hydrogen-bond acceptors (Lipinski definition) is 3. The SMILES string of the molecule is CC1(C)CN(C(=O)C2CCCS2)CCC1N.Cl. The molecule has 0 bridgehead atoms. The van der Waals surface area contributed by atoms with Crippen molar-refractivity contribution in [3.63, 3.8) is 0 Å². The van der Waals surface area contributed by atoms with Gasteiger partial charge >= 0.3 is 0 Å². The number of amides is 1. The molecule has 100 valence electrons. The van der Waals surface area contributed by atoms with Gasteiger partial charge in [0, 0.05) is 19.1 Å². The quantitative estimate of drug-likeness (QED) is 0.797. The van der Waals surface area contributed by atoms with Crippen LogP contribution < -0.4 is 5.73 Å². The molecule has 0 spiro atoms. The zero-order valence-corrected chi connectivity index (χ0v) is 12.3. The largest absolute Gasteiger partial charge is 0.341 e. The molecule has 5 heteroatoms. The molecule has 2 N–H and O–H groups in total. The molecule has 2 rings (SSSR count). The first-order valence-corrected chi connectivity index (χ1v) is 7.21. The molecular weight excluding hydrogens is 256 g/mol. The van der Waals surface area contributed by atoms with Crippen LogP contribution in [0.5, 0.6) is 0 Å². The fourth-order valence-corrected chi connectivity index (χ4v) is 3.78. The molecule has 0 aromatic carbocycles. The molecule has 2 fully saturated rings. The van der Waals surface area contributed by atoms with E-state index in [0.29, 0.717) is 5.91 Å². The minimum absolute atomic E-state index is 0. The molecule has 1 amide bonds. The van der Waals surface area contributed by atoms with Gasteiger partial charge in [0.25, 0.3) is 0 Å². The Balaban J connectivity index is 0.00000144. The summed E-state index contributed by atoms with van der Waals surface area (Å²) >= 11 is 1.82. The van der Waals surface area contributed by atoms with Crippen molar-refractivity contribution in [2.75, 3.05) is 18.8 Å². The summed E-state index contributed by atoms with van der Waals surface area (Å²) in [6.07, 6.45) is 3.19. The third-order valence-corrected chi connectivity index (χ3v) is 5.19. The smallest absolute Gasteiger partial charge is 0.235 e. The number of piperidine rings is 1. The summed E-state index contributed by atoms with van der Waals surface area (Å²) in [6.45, 7) is 6.00. The normalized spacial score (nSPS) is 32.1. The van der Waals surface area contributed by atoms with Crippen LogP contribution >= 0.6 is 24.2 Å². The number of nitrogens with two attached hydrogens (primary N) is 1. The van der Waals surface area contributed by atoms with E-state index in [1.54, 1.807) is 0 Å². The van der Waals surface area contributed by atoms with Crippen LogP contribution in [0.4, 0.5) is 0 Å². The van der Waals surface area contributed by atoms with Gasteiger partial charge in [-0.25, -0.2) is 0 Å². The molecule has 17 heavy (non-hydrogen) atoms. The van der Waals surface area contributed by atoms with Gasteiger partial charge in [-0.3, -0.25) is 4.79 Å². The highest BCUT2D eigenvalue weighted by atomic mass is 35.5. The summed E-state index contributed by atoms with van der Waals surface area (Å²) in [5.74, 6) is 1.50. The first-order valence-electron chi connectivity index (χ1n) is 6.17. The number of hydrogen-bond donors (Lipinski definition) is 1. The zero-order chi connectivity index (χ0) is 11.8. The highest BCUT2D eigenvalue weighted by molar-refractivity contribution is 8.00. The third-order valence-electron chi connectivity index (χ3n) is 3.83. The van der Waals surface area contributed by atoms with E-state index in [1.165, 1.54) is 6.42 Å². The summed E-state index contributed by atoms with van der Waals surface area (Å²) in [7, 11) is 0. The molecule has 2 heterocycles. The lowest BCUT2D eigenvalue weighted by Gasteiger charge is -2.43. The lowest BCUT2D eigenvalue weighted by Crippen LogP contribution is -2.55. The van der Waals surface area contributed by atoms with E-state index in [0.717, 1.165) is 31.7 Å². The molecule has 0 radical (unpaired) electrons. The van der Waals surface area contributed by atoms with Gasteiger partial charge in [0.15, 0.2) is 0 Å². The molecule has 2 aliphatic heterocycles. The van der Waals surface area contributed by atoms with Gasteiger partial charge in [-0.05, 0) is 30.4 Å². The maximum Gasteiger partial charge on any atom is 0.235 e. The van der Waals surface area contributed by atoms with Crippen LogP contribution in [0.1, 0.15) is 33.1 Å². The van der Waals surface area contributed by atoms with E-state index in [2.05, 4.69) is 13.8 Å². The van der Waals surface area contributed by atoms with Gasteiger partial charge in [0.1, 0.15) is 0 Å². The molecule has 0 aromatic heterocycles. The Labute approximate surface area is 114 Å². The average molecular weight is 279 g/mol. The van der Waals surface area contributed by atoms with Gasteiger partial charge < -0.3 is 10.6 Å². The van der Waals surface area contributed by atoms with Crippen LogP contribution in [-0.4, -0.2) is 40.9 Å². The van der Waals surface area contributed by atoms with Crippen molar-refractivity contribution >= 4 is 30.1 Å². The fraction of sp³-hybridized carbons (Fsp3) is 0.917. The maximum atomic E-state index is 12.3. The Morgan fingerprint density at radius 3 is 2.65 bits per heavy atom. The van der Waals surface area contributed by atoms with Gasteiger partial charge in [0.2, 0.25) is 5.91 Å². The summed E-state index contributed by atoms with van der Waals surface area (Å²) in [5.41, 5.74) is 6.15. The van der Waals surface area contributed by atoms with Crippen LogP contribution in [0.15, 0.2) is 0 Å². The van der Waals surface area contributed by atoms with Gasteiger partial charge in [0.05, 0.1) is 5.25 Å². The first kappa shape index (κ1) is 15.1. The Bertz CT molecular complexity index is 280. The van der Waals surface area contributed by atoms with E-state index in [4.69, 9.17) is 5.73 Å². The lowest BCUT2D eigenvalue weighted by atomic mass is 9.79. The molecule has 0 saturated carbocycles. The Morgan fingerprint density at radius 1 is 1.41 bits per heavy atom. The van der Waals surface area contributed by atoms with Crippen LogP contribution in [0, 0.1) is 5.41 Å². The molecule has 2 saturated heterocycles. The maximum absolute atomic E-state index is 12.3. The van der Waals surface area contributed by atoms with Crippen molar-refractivity contribution in [3.8, 4) is 0 Å². The minimum atomic E-state index is 0. The number of rotatable bonds is 1. The predicted molar refractivity (Wildman–Crippen MR) is 75.7 cm³/mol. The van der Waals surface area contributed by atoms with Gasteiger partial charge in [-0.15, -0.1) is 24.2 Å². The molecule has 0 aliphatic carbocycles. The number of thioether (sulfide) groups is 1. The molecule has 2 aliphatic rings. The van der Waals surface area contributed by atoms with E-state index >= 15 is 0 Å². The minimum Gasteiger partial charge on any atom is -0.341 e. The first-order chi connectivity index (χ1) is 7.50. The molecule has 0 aromatic rings. The second-order valence-electron chi connectivity index (χ2n) is 5.65. The van der Waals surface area contributed by atoms with E-state index < -0.39 is 0 Å². The highest BCUT2D eigenvalue weighted by Gasteiger charge is 2.37. The second kappa shape index (κ2) is 5.81. The van der Waals surface area contributed by atoms with Crippen molar-refractivity contribution in [2.24, 2.45) is 11.1 Å². The number of likely N-dealkylation sites (tertiary alicyclic amines) is 1. The van der Waals surface area contributed by atoms with Crippen molar-refractivity contribution in [1.29, 1.82) is 0 Å². The average Bonchev–Trinajstić information content (AvgIpc) is 2.74. The molecule has 3 nitrogen and oxygen atoms in total. The summed E-state index contributed by atoms with van der Waals surface area (Å²) < 4.78 is 0.